The van der Waals surface area contributed by atoms with Crippen LogP contribution in [0.3, 0.4) is 0 Å². The summed E-state index contributed by atoms with van der Waals surface area (Å²) in [4.78, 5) is 28.8. The van der Waals surface area contributed by atoms with Crippen LogP contribution in [-0.2, 0) is 13.1 Å². The van der Waals surface area contributed by atoms with Crippen molar-refractivity contribution in [2.45, 2.75) is 13.1 Å². The first-order valence-electron chi connectivity index (χ1n) is 8.42. The maximum Gasteiger partial charge on any atom is 0.251 e. The third-order valence-electron chi connectivity index (χ3n) is 3.91. The van der Waals surface area contributed by atoms with Crippen LogP contribution in [0.5, 0.6) is 0 Å². The Morgan fingerprint density at radius 2 is 1.48 bits per heavy atom. The largest absolute Gasteiger partial charge is 0.348 e. The van der Waals surface area contributed by atoms with E-state index in [9.17, 15) is 9.59 Å². The van der Waals surface area contributed by atoms with Gasteiger partial charge in [0.2, 0.25) is 0 Å². The van der Waals surface area contributed by atoms with E-state index in [4.69, 9.17) is 11.6 Å². The lowest BCUT2D eigenvalue weighted by molar-refractivity contribution is 0.0950. The van der Waals surface area contributed by atoms with Gasteiger partial charge in [-0.1, -0.05) is 35.9 Å². The summed E-state index contributed by atoms with van der Waals surface area (Å²) in [5, 5.41) is 6.28. The number of carbonyl (C=O) groups excluding carboxylic acids is 2. The number of carbonyl (C=O) groups is 2. The van der Waals surface area contributed by atoms with Gasteiger partial charge in [0.25, 0.3) is 11.8 Å². The molecule has 0 aliphatic rings. The molecule has 0 radical (unpaired) electrons. The van der Waals surface area contributed by atoms with E-state index >= 15 is 0 Å². The zero-order valence-electron chi connectivity index (χ0n) is 14.5. The first kappa shape index (κ1) is 18.6. The van der Waals surface area contributed by atoms with Crippen LogP contribution in [-0.4, -0.2) is 16.8 Å². The summed E-state index contributed by atoms with van der Waals surface area (Å²) in [5.41, 5.74) is 2.55. The lowest BCUT2D eigenvalue weighted by Crippen LogP contribution is -2.25. The van der Waals surface area contributed by atoms with Crippen LogP contribution in [0, 0.1) is 0 Å². The van der Waals surface area contributed by atoms with Crippen molar-refractivity contribution >= 4 is 23.4 Å². The van der Waals surface area contributed by atoms with Crippen LogP contribution >= 0.6 is 11.6 Å². The molecule has 0 aliphatic carbocycles. The maximum atomic E-state index is 12.4. The average molecular weight is 380 g/mol. The highest BCUT2D eigenvalue weighted by Gasteiger charge is 2.10. The number of amides is 2. The second-order valence-corrected chi connectivity index (χ2v) is 6.33. The second-order valence-electron chi connectivity index (χ2n) is 5.89. The standard InChI is InChI=1S/C21H18ClN3O2/c22-18-9-7-15(8-10-18)13-24-20(26)16-4-3-5-17(12-16)21(27)25-14-19-6-1-2-11-23-19/h1-12H,13-14H2,(H,24,26)(H,25,27). The van der Waals surface area contributed by atoms with Gasteiger partial charge in [0.05, 0.1) is 12.2 Å². The van der Waals surface area contributed by atoms with Gasteiger partial charge in [0.1, 0.15) is 0 Å². The fourth-order valence-electron chi connectivity index (χ4n) is 2.46. The third-order valence-corrected chi connectivity index (χ3v) is 4.16. The normalized spacial score (nSPS) is 10.3. The van der Waals surface area contributed by atoms with Crippen LogP contribution in [0.2, 0.25) is 5.02 Å². The van der Waals surface area contributed by atoms with Crippen LogP contribution < -0.4 is 10.6 Å². The number of hydrogen-bond donors (Lipinski definition) is 2. The molecular formula is C21H18ClN3O2. The summed E-state index contributed by atoms with van der Waals surface area (Å²) in [7, 11) is 0. The molecule has 27 heavy (non-hydrogen) atoms. The van der Waals surface area contributed by atoms with Crippen molar-refractivity contribution in [2.75, 3.05) is 0 Å². The van der Waals surface area contributed by atoms with Gasteiger partial charge in [-0.05, 0) is 48.0 Å². The first-order chi connectivity index (χ1) is 13.1. The van der Waals surface area contributed by atoms with Crippen molar-refractivity contribution in [1.82, 2.24) is 15.6 Å². The number of rotatable bonds is 6. The molecule has 1 heterocycles. The Labute approximate surface area is 162 Å². The molecule has 0 saturated carbocycles. The predicted octanol–water partition coefficient (Wildman–Crippen LogP) is 3.60. The minimum absolute atomic E-state index is 0.246. The smallest absolute Gasteiger partial charge is 0.251 e. The first-order valence-corrected chi connectivity index (χ1v) is 8.80. The predicted molar refractivity (Wildman–Crippen MR) is 104 cm³/mol. The fraction of sp³-hybridized carbons (Fsp3) is 0.0952. The summed E-state index contributed by atoms with van der Waals surface area (Å²) in [6.07, 6.45) is 1.67. The minimum Gasteiger partial charge on any atom is -0.348 e. The lowest BCUT2D eigenvalue weighted by Gasteiger charge is -2.08. The molecular weight excluding hydrogens is 362 g/mol. The number of nitrogens with one attached hydrogen (secondary N) is 2. The van der Waals surface area contributed by atoms with E-state index < -0.39 is 0 Å². The number of aromatic nitrogens is 1. The van der Waals surface area contributed by atoms with E-state index in [1.54, 1.807) is 42.6 Å². The zero-order valence-corrected chi connectivity index (χ0v) is 15.2. The van der Waals surface area contributed by atoms with Gasteiger partial charge >= 0.3 is 0 Å². The van der Waals surface area contributed by atoms with Crippen LogP contribution in [0.4, 0.5) is 0 Å². The Morgan fingerprint density at radius 3 is 2.11 bits per heavy atom. The Kier molecular flexibility index (Phi) is 6.18. The second kappa shape index (κ2) is 8.96. The summed E-state index contributed by atoms with van der Waals surface area (Å²) < 4.78 is 0. The molecule has 136 valence electrons. The highest BCUT2D eigenvalue weighted by atomic mass is 35.5. The van der Waals surface area contributed by atoms with E-state index in [-0.39, 0.29) is 11.8 Å². The molecule has 0 spiro atoms. The third kappa shape index (κ3) is 5.39. The summed E-state index contributed by atoms with van der Waals surface area (Å²) >= 11 is 5.85. The molecule has 3 aromatic rings. The van der Waals surface area contributed by atoms with Gasteiger partial charge in [-0.2, -0.15) is 0 Å². The Bertz CT molecular complexity index is 928. The quantitative estimate of drug-likeness (QED) is 0.687. The summed E-state index contributed by atoms with van der Waals surface area (Å²) in [5.74, 6) is -0.502. The number of hydrogen-bond acceptors (Lipinski definition) is 3. The summed E-state index contributed by atoms with van der Waals surface area (Å²) in [6, 6.07) is 19.4. The van der Waals surface area contributed by atoms with Gasteiger partial charge < -0.3 is 10.6 Å². The highest BCUT2D eigenvalue weighted by Crippen LogP contribution is 2.10. The van der Waals surface area contributed by atoms with Crippen molar-refractivity contribution in [2.24, 2.45) is 0 Å². The van der Waals surface area contributed by atoms with E-state index in [0.29, 0.717) is 29.2 Å². The van der Waals surface area contributed by atoms with Crippen LogP contribution in [0.15, 0.2) is 72.9 Å². The lowest BCUT2D eigenvalue weighted by atomic mass is 10.1. The number of benzene rings is 2. The molecule has 2 N–H and O–H groups in total. The monoisotopic (exact) mass is 379 g/mol. The minimum atomic E-state index is -0.256. The summed E-state index contributed by atoms with van der Waals surface area (Å²) in [6.45, 7) is 0.707. The molecule has 3 rings (SSSR count). The average Bonchev–Trinajstić information content (AvgIpc) is 2.72. The van der Waals surface area contributed by atoms with E-state index in [1.165, 1.54) is 0 Å². The number of nitrogens with zero attached hydrogens (tertiary/aromatic N) is 1. The Balaban J connectivity index is 1.59. The van der Waals surface area contributed by atoms with E-state index in [2.05, 4.69) is 15.6 Å². The van der Waals surface area contributed by atoms with Gasteiger partial charge in [0, 0.05) is 28.9 Å². The maximum absolute atomic E-state index is 12.4. The van der Waals surface area contributed by atoms with Crippen LogP contribution in [0.25, 0.3) is 0 Å². The molecule has 6 heteroatoms. The van der Waals surface area contributed by atoms with Gasteiger partial charge in [-0.3, -0.25) is 14.6 Å². The molecule has 5 nitrogen and oxygen atoms in total. The molecule has 1 aromatic heterocycles. The molecule has 0 bridgehead atoms. The molecule has 0 aliphatic heterocycles. The van der Waals surface area contributed by atoms with E-state index in [1.807, 2.05) is 30.3 Å². The van der Waals surface area contributed by atoms with Gasteiger partial charge in [-0.15, -0.1) is 0 Å². The Hall–Kier alpha value is -3.18. The molecule has 0 fully saturated rings. The molecule has 0 saturated heterocycles. The number of halogens is 1. The molecule has 0 unspecified atom stereocenters. The van der Waals surface area contributed by atoms with Gasteiger partial charge in [0.15, 0.2) is 0 Å². The molecule has 2 amide bonds. The highest BCUT2D eigenvalue weighted by molar-refractivity contribution is 6.30. The SMILES string of the molecule is O=C(NCc1ccc(Cl)cc1)c1cccc(C(=O)NCc2ccccn2)c1. The van der Waals surface area contributed by atoms with Crippen molar-refractivity contribution in [3.8, 4) is 0 Å². The topological polar surface area (TPSA) is 71.1 Å². The van der Waals surface area contributed by atoms with Crippen molar-refractivity contribution in [1.29, 1.82) is 0 Å². The van der Waals surface area contributed by atoms with Crippen molar-refractivity contribution in [3.05, 3.63) is 100 Å². The Morgan fingerprint density at radius 1 is 0.815 bits per heavy atom. The molecule has 0 atom stereocenters. The molecule has 2 aromatic carbocycles. The van der Waals surface area contributed by atoms with Crippen molar-refractivity contribution in [3.63, 3.8) is 0 Å². The zero-order chi connectivity index (χ0) is 19.1. The van der Waals surface area contributed by atoms with Crippen molar-refractivity contribution < 1.29 is 9.59 Å². The fourth-order valence-corrected chi connectivity index (χ4v) is 2.59. The van der Waals surface area contributed by atoms with Gasteiger partial charge in [-0.25, -0.2) is 0 Å². The van der Waals surface area contributed by atoms with E-state index in [0.717, 1.165) is 11.3 Å². The number of pyridine rings is 1. The van der Waals surface area contributed by atoms with Crippen LogP contribution in [0.1, 0.15) is 32.0 Å².